The summed E-state index contributed by atoms with van der Waals surface area (Å²) < 4.78 is 0. The molecule has 5 nitrogen and oxygen atoms in total. The maximum absolute atomic E-state index is 13.5. The van der Waals surface area contributed by atoms with Gasteiger partial charge in [0, 0.05) is 24.3 Å². The molecule has 1 aliphatic rings. The molecule has 0 unspecified atom stereocenters. The summed E-state index contributed by atoms with van der Waals surface area (Å²) in [7, 11) is 0. The van der Waals surface area contributed by atoms with E-state index in [1.54, 1.807) is 4.90 Å². The van der Waals surface area contributed by atoms with Crippen LogP contribution in [0.2, 0.25) is 0 Å². The number of urea groups is 1. The van der Waals surface area contributed by atoms with Gasteiger partial charge in [-0.2, -0.15) is 0 Å². The van der Waals surface area contributed by atoms with E-state index in [1.807, 2.05) is 80.6 Å². The first-order valence-corrected chi connectivity index (χ1v) is 10.6. The molecule has 0 radical (unpaired) electrons. The number of amides is 3. The number of carbonyl (C=O) groups is 2. The van der Waals surface area contributed by atoms with Gasteiger partial charge in [0.2, 0.25) is 5.91 Å². The van der Waals surface area contributed by atoms with Crippen LogP contribution >= 0.6 is 0 Å². The number of fused-ring (bicyclic) bond motifs is 1. The van der Waals surface area contributed by atoms with Crippen molar-refractivity contribution in [2.75, 3.05) is 16.8 Å². The zero-order chi connectivity index (χ0) is 21.8. The molecule has 0 bridgehead atoms. The molecular weight excluding hydrogens is 386 g/mol. The number of nitrogens with one attached hydrogen (secondary N) is 2. The number of hydrogen-bond acceptors (Lipinski definition) is 2. The van der Waals surface area contributed by atoms with Gasteiger partial charge in [0.25, 0.3) is 0 Å². The molecule has 0 saturated carbocycles. The number of nitrogens with zero attached hydrogens (tertiary/aromatic N) is 1. The third kappa shape index (κ3) is 4.77. The first-order chi connectivity index (χ1) is 15.0. The molecular formula is C26H27N3O2. The molecule has 2 N–H and O–H groups in total. The van der Waals surface area contributed by atoms with Gasteiger partial charge in [-0.3, -0.25) is 4.79 Å². The lowest BCUT2D eigenvalue weighted by molar-refractivity contribution is -0.120. The highest BCUT2D eigenvalue weighted by Gasteiger charge is 2.31. The van der Waals surface area contributed by atoms with E-state index in [0.29, 0.717) is 13.0 Å². The van der Waals surface area contributed by atoms with Gasteiger partial charge in [0.1, 0.15) is 6.04 Å². The van der Waals surface area contributed by atoms with Crippen LogP contribution in [0.15, 0.2) is 72.8 Å². The lowest BCUT2D eigenvalue weighted by Crippen LogP contribution is -2.50. The third-order valence-electron chi connectivity index (χ3n) is 5.68. The van der Waals surface area contributed by atoms with Crippen molar-refractivity contribution in [2.24, 2.45) is 0 Å². The third-order valence-corrected chi connectivity index (χ3v) is 5.68. The lowest BCUT2D eigenvalue weighted by atomic mass is 10.0. The SMILES string of the molecule is Cc1ccc(C)c(NC(=O)N[C@H](Cc2ccccc2)C(=O)N2CCc3ccccc32)c1. The fraction of sp³-hybridized carbons (Fsp3) is 0.231. The van der Waals surface area contributed by atoms with Crippen molar-refractivity contribution in [1.29, 1.82) is 0 Å². The monoisotopic (exact) mass is 413 g/mol. The summed E-state index contributed by atoms with van der Waals surface area (Å²) in [5.74, 6) is -0.0927. The maximum atomic E-state index is 13.5. The maximum Gasteiger partial charge on any atom is 0.319 e. The van der Waals surface area contributed by atoms with Crippen LogP contribution in [0.1, 0.15) is 22.3 Å². The van der Waals surface area contributed by atoms with Crippen molar-refractivity contribution in [3.05, 3.63) is 95.1 Å². The summed E-state index contributed by atoms with van der Waals surface area (Å²) in [4.78, 5) is 28.1. The molecule has 5 heteroatoms. The molecule has 4 rings (SSSR count). The normalized spacial score (nSPS) is 13.4. The van der Waals surface area contributed by atoms with Crippen LogP contribution in [0.25, 0.3) is 0 Å². The fourth-order valence-electron chi connectivity index (χ4n) is 3.99. The Kier molecular flexibility index (Phi) is 6.03. The highest BCUT2D eigenvalue weighted by molar-refractivity contribution is 6.02. The minimum Gasteiger partial charge on any atom is -0.326 e. The van der Waals surface area contributed by atoms with Crippen molar-refractivity contribution in [2.45, 2.75) is 32.7 Å². The zero-order valence-corrected chi connectivity index (χ0v) is 17.9. The van der Waals surface area contributed by atoms with Crippen molar-refractivity contribution < 1.29 is 9.59 Å². The average molecular weight is 414 g/mol. The first-order valence-electron chi connectivity index (χ1n) is 10.6. The quantitative estimate of drug-likeness (QED) is 0.641. The van der Waals surface area contributed by atoms with Crippen molar-refractivity contribution >= 4 is 23.3 Å². The van der Waals surface area contributed by atoms with Gasteiger partial charge in [-0.25, -0.2) is 4.79 Å². The summed E-state index contributed by atoms with van der Waals surface area (Å²) in [5, 5.41) is 5.84. The molecule has 1 atom stereocenters. The Hall–Kier alpha value is -3.60. The molecule has 3 aromatic carbocycles. The molecule has 31 heavy (non-hydrogen) atoms. The Morgan fingerprint density at radius 3 is 2.52 bits per heavy atom. The van der Waals surface area contributed by atoms with E-state index < -0.39 is 6.04 Å². The summed E-state index contributed by atoms with van der Waals surface area (Å²) in [6.45, 7) is 4.56. The standard InChI is InChI=1S/C26H27N3O2/c1-18-12-13-19(2)22(16-18)27-26(31)28-23(17-20-8-4-3-5-9-20)25(30)29-15-14-21-10-6-7-11-24(21)29/h3-13,16,23H,14-15,17H2,1-2H3,(H2,27,28,31)/t23-/m1/s1. The van der Waals surface area contributed by atoms with Gasteiger partial charge < -0.3 is 15.5 Å². The van der Waals surface area contributed by atoms with Gasteiger partial charge in [-0.1, -0.05) is 60.7 Å². The highest BCUT2D eigenvalue weighted by Crippen LogP contribution is 2.28. The molecule has 158 valence electrons. The van der Waals surface area contributed by atoms with E-state index in [0.717, 1.165) is 40.0 Å². The Morgan fingerprint density at radius 1 is 0.968 bits per heavy atom. The minimum absolute atomic E-state index is 0.0927. The fourth-order valence-corrected chi connectivity index (χ4v) is 3.99. The predicted octanol–water partition coefficient (Wildman–Crippen LogP) is 4.63. The number of benzene rings is 3. The number of aryl methyl sites for hydroxylation is 2. The number of hydrogen-bond donors (Lipinski definition) is 2. The molecule has 0 aliphatic carbocycles. The second-order valence-electron chi connectivity index (χ2n) is 8.03. The van der Waals surface area contributed by atoms with Crippen LogP contribution in [-0.4, -0.2) is 24.5 Å². The molecule has 0 spiro atoms. The van der Waals surface area contributed by atoms with Crippen LogP contribution in [0, 0.1) is 13.8 Å². The highest BCUT2D eigenvalue weighted by atomic mass is 16.2. The molecule has 3 aromatic rings. The second kappa shape index (κ2) is 9.04. The number of carbonyl (C=O) groups excluding carboxylic acids is 2. The molecule has 0 aromatic heterocycles. The van der Waals surface area contributed by atoms with E-state index in [1.165, 1.54) is 0 Å². The smallest absolute Gasteiger partial charge is 0.319 e. The molecule has 1 heterocycles. The summed E-state index contributed by atoms with van der Waals surface area (Å²) in [6, 6.07) is 22.6. The largest absolute Gasteiger partial charge is 0.326 e. The van der Waals surface area contributed by atoms with E-state index in [4.69, 9.17) is 0 Å². The van der Waals surface area contributed by atoms with Crippen molar-refractivity contribution in [3.63, 3.8) is 0 Å². The molecule has 3 amide bonds. The molecule has 0 saturated heterocycles. The second-order valence-corrected chi connectivity index (χ2v) is 8.03. The van der Waals surface area contributed by atoms with E-state index in [-0.39, 0.29) is 11.9 Å². The van der Waals surface area contributed by atoms with Crippen molar-refractivity contribution in [1.82, 2.24) is 5.32 Å². The Bertz CT molecular complexity index is 1090. The van der Waals surface area contributed by atoms with Crippen LogP contribution in [-0.2, 0) is 17.6 Å². The van der Waals surface area contributed by atoms with E-state index >= 15 is 0 Å². The van der Waals surface area contributed by atoms with E-state index in [9.17, 15) is 9.59 Å². The summed E-state index contributed by atoms with van der Waals surface area (Å²) >= 11 is 0. The van der Waals surface area contributed by atoms with Gasteiger partial charge in [0.15, 0.2) is 0 Å². The van der Waals surface area contributed by atoms with Crippen LogP contribution in [0.4, 0.5) is 16.2 Å². The minimum atomic E-state index is -0.668. The van der Waals surface area contributed by atoms with Crippen LogP contribution < -0.4 is 15.5 Å². The van der Waals surface area contributed by atoms with Gasteiger partial charge >= 0.3 is 6.03 Å². The van der Waals surface area contributed by atoms with Gasteiger partial charge in [-0.15, -0.1) is 0 Å². The Labute approximate surface area is 183 Å². The summed E-state index contributed by atoms with van der Waals surface area (Å²) in [6.07, 6.45) is 1.26. The average Bonchev–Trinajstić information content (AvgIpc) is 3.20. The van der Waals surface area contributed by atoms with E-state index in [2.05, 4.69) is 16.7 Å². The molecule has 0 fully saturated rings. The molecule has 1 aliphatic heterocycles. The van der Waals surface area contributed by atoms with Crippen LogP contribution in [0.3, 0.4) is 0 Å². The van der Waals surface area contributed by atoms with Gasteiger partial charge in [0.05, 0.1) is 0 Å². The summed E-state index contributed by atoms with van der Waals surface area (Å²) in [5.41, 5.74) is 5.87. The Balaban J connectivity index is 1.55. The first kappa shape index (κ1) is 20.7. The van der Waals surface area contributed by atoms with Crippen LogP contribution in [0.5, 0.6) is 0 Å². The number of para-hydroxylation sites is 1. The predicted molar refractivity (Wildman–Crippen MR) is 125 cm³/mol. The lowest BCUT2D eigenvalue weighted by Gasteiger charge is -2.25. The zero-order valence-electron chi connectivity index (χ0n) is 17.9. The number of rotatable bonds is 5. The topological polar surface area (TPSA) is 61.4 Å². The number of anilines is 2. The van der Waals surface area contributed by atoms with Crippen molar-refractivity contribution in [3.8, 4) is 0 Å². The van der Waals surface area contributed by atoms with Gasteiger partial charge in [-0.05, 0) is 54.7 Å². The Morgan fingerprint density at radius 2 is 1.71 bits per heavy atom.